The van der Waals surface area contributed by atoms with E-state index in [0.717, 1.165) is 146 Å². The average molecular weight is 1340 g/mol. The standard InChI is InChI=1S/C37H47N7O4.C33H40N6O2.4H2S/c1-25-18-26-8-5-6-9-30(26)33(19-25)42-14-11-31-32(23-42)39-35(46-17-7-13-41-22-29-20-28(41)24-47-29)40-34(31)43-15-16-44(27(21-43)10-12-38)36(45)48-37(2,3)4;1-23-16-25-7-2-3-8-28(25)31(17-23)38-14-10-29-30(21-38)35-33(36-32(29)39-12-4-6-24(19-39)9-11-34)40-15-5-13-37-20-27-18-26(37)22-41-27;;;;/h5-6,8-9,18-19,27-29H,7,10-11,13-17,20-24H2,1-4H3;2-3,7-8,16-17,24,26-27H,4-6,9-10,12-15,18-22H2,1H3;4*1H2/t27?,28-,29-;24?,26-,27-;;;;/m00..../s1. The number of aromatic nitrogens is 4. The molecule has 2 aromatic heterocycles. The monoisotopic (exact) mass is 1340 g/mol. The number of fused-ring (bicyclic) bond motifs is 8. The zero-order valence-corrected chi connectivity index (χ0v) is 58.7. The van der Waals surface area contributed by atoms with Crippen LogP contribution < -0.4 is 29.1 Å². The lowest BCUT2D eigenvalue weighted by Crippen LogP contribution is -2.56. The van der Waals surface area contributed by atoms with Crippen LogP contribution >= 0.6 is 54.0 Å². The summed E-state index contributed by atoms with van der Waals surface area (Å²) in [7, 11) is 0. The molecule has 19 nitrogen and oxygen atoms in total. The molecule has 6 saturated heterocycles. The van der Waals surface area contributed by atoms with Crippen LogP contribution in [0.25, 0.3) is 21.5 Å². The second-order valence-corrected chi connectivity index (χ2v) is 26.9. The van der Waals surface area contributed by atoms with Gasteiger partial charge >= 0.3 is 18.1 Å². The maximum atomic E-state index is 13.1. The van der Waals surface area contributed by atoms with Crippen molar-refractivity contribution in [1.82, 2.24) is 34.6 Å². The lowest BCUT2D eigenvalue weighted by molar-refractivity contribution is 0.0144. The third-order valence-corrected chi connectivity index (χ3v) is 19.3. The Morgan fingerprint density at radius 2 is 1.12 bits per heavy atom. The number of ether oxygens (including phenoxy) is 5. The van der Waals surface area contributed by atoms with Gasteiger partial charge in [0.1, 0.15) is 17.2 Å². The van der Waals surface area contributed by atoms with Crippen molar-refractivity contribution >= 4 is 105 Å². The fourth-order valence-electron chi connectivity index (χ4n) is 15.0. The van der Waals surface area contributed by atoms with Crippen LogP contribution in [-0.4, -0.2) is 175 Å². The Bertz CT molecular complexity index is 3650. The van der Waals surface area contributed by atoms with Crippen molar-refractivity contribution in [2.45, 2.75) is 148 Å². The summed E-state index contributed by atoms with van der Waals surface area (Å²) in [5.41, 5.74) is 8.76. The molecule has 6 aromatic rings. The van der Waals surface area contributed by atoms with Crippen molar-refractivity contribution in [3.05, 3.63) is 106 Å². The van der Waals surface area contributed by atoms with Gasteiger partial charge in [-0.1, -0.05) is 60.7 Å². The summed E-state index contributed by atoms with van der Waals surface area (Å²) in [6.45, 7) is 23.3. The summed E-state index contributed by atoms with van der Waals surface area (Å²) in [5, 5.41) is 24.1. The largest absolute Gasteiger partial charge is 0.463 e. The van der Waals surface area contributed by atoms with Crippen molar-refractivity contribution in [3.63, 3.8) is 0 Å². The third kappa shape index (κ3) is 16.4. The number of nitrogens with zero attached hydrogens (tertiary/aromatic N) is 13. The number of anilines is 4. The number of amides is 1. The molecule has 4 bridgehead atoms. The van der Waals surface area contributed by atoms with Gasteiger partial charge in [0.25, 0.3) is 0 Å². The summed E-state index contributed by atoms with van der Waals surface area (Å²) in [6, 6.07) is 32.6. The lowest BCUT2D eigenvalue weighted by Gasteiger charge is -2.42. The molecule has 8 aliphatic rings. The zero-order chi connectivity index (χ0) is 61.2. The van der Waals surface area contributed by atoms with Crippen LogP contribution in [0.3, 0.4) is 0 Å². The minimum absolute atomic E-state index is 0. The number of piperazine rings is 1. The topological polar surface area (TPSA) is 185 Å². The number of morpholine rings is 2. The Morgan fingerprint density at radius 3 is 1.59 bits per heavy atom. The molecule has 4 aromatic carbocycles. The Morgan fingerprint density at radius 1 is 0.613 bits per heavy atom. The van der Waals surface area contributed by atoms with E-state index in [4.69, 9.17) is 43.6 Å². The SMILES string of the molecule is Cc1cc(N2CCc3c(nc(OCCCN4C[C@@H]5C[C@H]4CO5)nc3N3CCCC(CC#N)C3)C2)c2ccccc2c1.Cc1cc(N2CCc3c(nc(OCCCN4C[C@@H]5C[C@H]4CO5)nc3N3CCN(C(=O)OC(C)(C)C)C(CC#N)C3)C2)c2ccccc2c1.S.S.S.S. The van der Waals surface area contributed by atoms with E-state index in [1.165, 1.54) is 56.0 Å². The minimum atomic E-state index is -0.611. The fraction of sp³-hybridized carbons (Fsp3) is 0.557. The number of hydrogen-bond donors (Lipinski definition) is 0. The van der Waals surface area contributed by atoms with Crippen LogP contribution in [0.2, 0.25) is 0 Å². The van der Waals surface area contributed by atoms with Crippen LogP contribution in [0.4, 0.5) is 27.8 Å². The number of nitriles is 2. The number of aryl methyl sites for hydroxylation is 2. The van der Waals surface area contributed by atoms with E-state index < -0.39 is 5.60 Å². The number of carbonyl (C=O) groups excluding carboxylic acids is 1. The van der Waals surface area contributed by atoms with Crippen molar-refractivity contribution in [1.29, 1.82) is 10.5 Å². The molecule has 0 spiro atoms. The highest BCUT2D eigenvalue weighted by Gasteiger charge is 2.41. The summed E-state index contributed by atoms with van der Waals surface area (Å²) in [4.78, 5) is 49.5. The van der Waals surface area contributed by atoms with Gasteiger partial charge in [0.15, 0.2) is 0 Å². The first-order valence-electron chi connectivity index (χ1n) is 32.8. The molecule has 0 N–H and O–H groups in total. The molecule has 8 aliphatic heterocycles. The lowest BCUT2D eigenvalue weighted by atomic mass is 9.94. The first-order chi connectivity index (χ1) is 43.3. The highest BCUT2D eigenvalue weighted by molar-refractivity contribution is 7.59. The van der Waals surface area contributed by atoms with Gasteiger partial charge in [-0.25, -0.2) is 4.79 Å². The molecule has 6 fully saturated rings. The molecular formula is C70H95N13O6S4. The number of hydrogen-bond acceptors (Lipinski definition) is 18. The second-order valence-electron chi connectivity index (χ2n) is 26.9. The maximum absolute atomic E-state index is 13.1. The molecule has 14 rings (SSSR count). The van der Waals surface area contributed by atoms with Gasteiger partial charge in [0.2, 0.25) is 0 Å². The van der Waals surface area contributed by atoms with E-state index in [9.17, 15) is 15.3 Å². The van der Waals surface area contributed by atoms with Crippen LogP contribution in [0, 0.1) is 42.4 Å². The highest BCUT2D eigenvalue weighted by atomic mass is 32.1. The zero-order valence-electron chi connectivity index (χ0n) is 54.7. The van der Waals surface area contributed by atoms with Gasteiger partial charge in [-0.05, 0) is 126 Å². The molecule has 0 saturated carbocycles. The number of likely N-dealkylation sites (tertiary alicyclic amines) is 2. The molecule has 0 aliphatic carbocycles. The van der Waals surface area contributed by atoms with Gasteiger partial charge in [0, 0.05) is 124 Å². The van der Waals surface area contributed by atoms with Crippen molar-refractivity contribution < 1.29 is 28.5 Å². The Balaban J connectivity index is 0.000000212. The number of benzene rings is 4. The molecular weight excluding hydrogens is 1250 g/mol. The predicted molar refractivity (Wildman–Crippen MR) is 386 cm³/mol. The van der Waals surface area contributed by atoms with E-state index in [0.29, 0.717) is 88.0 Å². The third-order valence-electron chi connectivity index (χ3n) is 19.3. The summed E-state index contributed by atoms with van der Waals surface area (Å²) >= 11 is 0. The molecule has 93 heavy (non-hydrogen) atoms. The molecule has 500 valence electrons. The summed E-state index contributed by atoms with van der Waals surface area (Å²) in [5.74, 6) is 2.27. The maximum Gasteiger partial charge on any atom is 0.410 e. The van der Waals surface area contributed by atoms with Crippen molar-refractivity contribution in [2.75, 3.05) is 118 Å². The van der Waals surface area contributed by atoms with Gasteiger partial charge in [-0.15, -0.1) is 0 Å². The second kappa shape index (κ2) is 31.6. The van der Waals surface area contributed by atoms with Crippen molar-refractivity contribution in [2.24, 2.45) is 5.92 Å². The van der Waals surface area contributed by atoms with Gasteiger partial charge < -0.3 is 48.2 Å². The Kier molecular flexibility index (Phi) is 24.2. The van der Waals surface area contributed by atoms with E-state index in [1.807, 2.05) is 20.8 Å². The average Bonchev–Trinajstić information content (AvgIpc) is 1.70. The number of piperidine rings is 1. The summed E-state index contributed by atoms with van der Waals surface area (Å²) in [6.07, 6.45) is 9.27. The predicted octanol–water partition coefficient (Wildman–Crippen LogP) is 10.4. The van der Waals surface area contributed by atoms with Gasteiger partial charge in [0.05, 0.1) is 87.7 Å². The minimum Gasteiger partial charge on any atom is -0.463 e. The van der Waals surface area contributed by atoms with Crippen LogP contribution in [0.1, 0.15) is 106 Å². The molecule has 0 radical (unpaired) electrons. The van der Waals surface area contributed by atoms with E-state index >= 15 is 0 Å². The van der Waals surface area contributed by atoms with Crippen LogP contribution in [0.5, 0.6) is 12.0 Å². The van der Waals surface area contributed by atoms with E-state index in [-0.39, 0.29) is 72.5 Å². The smallest absolute Gasteiger partial charge is 0.410 e. The Labute approximate surface area is 577 Å². The molecule has 2 unspecified atom stereocenters. The molecule has 1 amide bonds. The van der Waals surface area contributed by atoms with E-state index in [2.05, 4.69) is 128 Å². The number of carbonyl (C=O) groups is 1. The highest BCUT2D eigenvalue weighted by Crippen LogP contribution is 2.39. The van der Waals surface area contributed by atoms with E-state index in [1.54, 1.807) is 4.90 Å². The van der Waals surface area contributed by atoms with Crippen molar-refractivity contribution in [3.8, 4) is 24.2 Å². The molecule has 10 heterocycles. The first kappa shape index (κ1) is 71.2. The van der Waals surface area contributed by atoms with Crippen LogP contribution in [0.15, 0.2) is 72.8 Å². The quantitative estimate of drug-likeness (QED) is 0.0833. The Hall–Kier alpha value is -6.15. The molecule has 23 heteroatoms. The van der Waals surface area contributed by atoms with Gasteiger partial charge in [-0.3, -0.25) is 9.80 Å². The first-order valence-corrected chi connectivity index (χ1v) is 32.8. The number of rotatable bonds is 16. The molecule has 6 atom stereocenters. The fourth-order valence-corrected chi connectivity index (χ4v) is 15.0. The van der Waals surface area contributed by atoms with Gasteiger partial charge in [-0.2, -0.15) is 84.4 Å². The summed E-state index contributed by atoms with van der Waals surface area (Å²) < 4.78 is 29.8. The normalized spacial score (nSPS) is 22.2. The van der Waals surface area contributed by atoms with Crippen LogP contribution in [-0.2, 0) is 40.1 Å².